The van der Waals surface area contributed by atoms with Crippen LogP contribution >= 0.6 is 15.6 Å². The van der Waals surface area contributed by atoms with Crippen LogP contribution in [0, 0.1) is 28.6 Å². The van der Waals surface area contributed by atoms with E-state index in [1.807, 2.05) is 26.8 Å². The molecule has 5 aliphatic rings. The van der Waals surface area contributed by atoms with E-state index in [0.29, 0.717) is 43.4 Å². The number of phosphoric ester groups is 2. The molecule has 1 aliphatic heterocycles. The maximum Gasteiger partial charge on any atom is 0.481 e. The third kappa shape index (κ3) is 5.84. The Kier molecular flexibility index (Phi) is 9.20. The fourth-order valence-electron chi connectivity index (χ4n) is 9.75. The van der Waals surface area contributed by atoms with Gasteiger partial charge in [-0.1, -0.05) is 51.0 Å². The standard InChI is InChI=1S/C33H45NO12P2/c1-5-6-28-44-32(4)16-25-24-12-9-21-15-23(35)13-14-30(21,2)29(24)26(36)17-31(25,3)33(32,45-28)27(37)19-43-48(40,41)46-47(38,39)42-18-20-7-10-22(34)11-8-20/h7-8,10-11,13-15,24-26,28-29,36H,5-6,9,12,16-19,34H2,1-4H3,(H,38,39)(H,40,41)/t24-,25-,26-,28?,29+,30-,31-,32-,33-/m0/s1. The van der Waals surface area contributed by atoms with Gasteiger partial charge in [-0.3, -0.25) is 18.6 Å². The van der Waals surface area contributed by atoms with Gasteiger partial charge < -0.3 is 30.1 Å². The van der Waals surface area contributed by atoms with Crippen molar-refractivity contribution in [2.75, 3.05) is 12.3 Å². The van der Waals surface area contributed by atoms with Crippen molar-refractivity contribution in [3.8, 4) is 0 Å². The molecule has 0 spiro atoms. The quantitative estimate of drug-likeness (QED) is 0.174. The summed E-state index contributed by atoms with van der Waals surface area (Å²) in [4.78, 5) is 47.3. The summed E-state index contributed by atoms with van der Waals surface area (Å²) in [5.41, 5.74) is 3.20. The third-order valence-electron chi connectivity index (χ3n) is 11.6. The first-order chi connectivity index (χ1) is 22.4. The summed E-state index contributed by atoms with van der Waals surface area (Å²) in [5.74, 6) is -1.17. The lowest BCUT2D eigenvalue weighted by molar-refractivity contribution is -0.200. The van der Waals surface area contributed by atoms with Crippen molar-refractivity contribution >= 4 is 32.9 Å². The summed E-state index contributed by atoms with van der Waals surface area (Å²) in [7, 11) is -10.4. The molecule has 0 radical (unpaired) electrons. The molecule has 1 heterocycles. The Morgan fingerprint density at radius 3 is 2.44 bits per heavy atom. The van der Waals surface area contributed by atoms with Crippen molar-refractivity contribution < 1.29 is 56.4 Å². The van der Waals surface area contributed by atoms with Gasteiger partial charge in [-0.15, -0.1) is 0 Å². The van der Waals surface area contributed by atoms with Crippen LogP contribution in [0.1, 0.15) is 71.8 Å². The molecule has 264 valence electrons. The van der Waals surface area contributed by atoms with Crippen LogP contribution in [0.4, 0.5) is 5.69 Å². The summed E-state index contributed by atoms with van der Waals surface area (Å²) in [6.45, 7) is 6.31. The number of nitrogens with two attached hydrogens (primary N) is 1. The van der Waals surface area contributed by atoms with Gasteiger partial charge in [-0.25, -0.2) is 9.13 Å². The van der Waals surface area contributed by atoms with E-state index >= 15 is 0 Å². The van der Waals surface area contributed by atoms with Gasteiger partial charge >= 0.3 is 15.6 Å². The van der Waals surface area contributed by atoms with Crippen molar-refractivity contribution in [2.24, 2.45) is 28.6 Å². The van der Waals surface area contributed by atoms with Gasteiger partial charge in [-0.2, -0.15) is 4.31 Å². The molecule has 5 N–H and O–H groups in total. The van der Waals surface area contributed by atoms with Crippen molar-refractivity contribution in [3.63, 3.8) is 0 Å². The van der Waals surface area contributed by atoms with Crippen LogP contribution in [0.3, 0.4) is 0 Å². The minimum atomic E-state index is -5.32. The number of fused-ring (bicyclic) bond motifs is 7. The molecule has 48 heavy (non-hydrogen) atoms. The number of ether oxygens (including phenoxy) is 2. The first kappa shape index (κ1) is 35.8. The van der Waals surface area contributed by atoms with Gasteiger partial charge in [0.05, 0.1) is 12.7 Å². The van der Waals surface area contributed by atoms with E-state index in [2.05, 4.69) is 11.2 Å². The van der Waals surface area contributed by atoms with E-state index in [-0.39, 0.29) is 30.0 Å². The Morgan fingerprint density at radius 1 is 1.06 bits per heavy atom. The van der Waals surface area contributed by atoms with E-state index < -0.39 is 69.1 Å². The number of nitrogen functional groups attached to an aromatic ring is 1. The van der Waals surface area contributed by atoms with Crippen molar-refractivity contribution in [1.82, 2.24) is 0 Å². The van der Waals surface area contributed by atoms with Crippen molar-refractivity contribution in [2.45, 2.75) is 96.4 Å². The van der Waals surface area contributed by atoms with Crippen LogP contribution in [0.2, 0.25) is 0 Å². The zero-order chi connectivity index (χ0) is 34.9. The molecule has 11 atom stereocenters. The average Bonchev–Trinajstić information content (AvgIpc) is 3.39. The Bertz CT molecular complexity index is 1630. The summed E-state index contributed by atoms with van der Waals surface area (Å²) < 4.78 is 53.1. The van der Waals surface area contributed by atoms with E-state index in [1.54, 1.807) is 36.4 Å². The predicted octanol–water partition coefficient (Wildman–Crippen LogP) is 5.15. The molecule has 3 unspecified atom stereocenters. The van der Waals surface area contributed by atoms with Crippen LogP contribution in [0.5, 0.6) is 0 Å². The summed E-state index contributed by atoms with van der Waals surface area (Å²) in [6.07, 6.45) is 6.70. The fourth-order valence-corrected chi connectivity index (χ4v) is 11.8. The number of allylic oxidation sites excluding steroid dienone is 4. The lowest BCUT2D eigenvalue weighted by Crippen LogP contribution is -2.65. The molecule has 3 saturated carbocycles. The first-order valence-electron chi connectivity index (χ1n) is 16.4. The number of carbonyl (C=O) groups is 2. The molecule has 1 saturated heterocycles. The van der Waals surface area contributed by atoms with Crippen molar-refractivity contribution in [3.05, 3.63) is 53.6 Å². The van der Waals surface area contributed by atoms with Crippen LogP contribution in [0.15, 0.2) is 48.1 Å². The van der Waals surface area contributed by atoms with Crippen LogP contribution < -0.4 is 5.73 Å². The smallest absolute Gasteiger partial charge is 0.399 e. The van der Waals surface area contributed by atoms with E-state index in [4.69, 9.17) is 24.3 Å². The number of aliphatic hydroxyl groups excluding tert-OH is 1. The highest BCUT2D eigenvalue weighted by Gasteiger charge is 2.80. The average molecular weight is 710 g/mol. The number of aliphatic hydroxyl groups is 1. The van der Waals surface area contributed by atoms with Crippen molar-refractivity contribution in [1.29, 1.82) is 0 Å². The second-order valence-corrected chi connectivity index (χ2v) is 17.6. The maximum atomic E-state index is 14.5. The summed E-state index contributed by atoms with van der Waals surface area (Å²) >= 11 is 0. The third-order valence-corrected chi connectivity index (χ3v) is 14.2. The molecule has 0 bridgehead atoms. The zero-order valence-electron chi connectivity index (χ0n) is 27.6. The van der Waals surface area contributed by atoms with Crippen LogP contribution in [0.25, 0.3) is 0 Å². The number of hydrogen-bond acceptors (Lipinski definition) is 11. The van der Waals surface area contributed by atoms with E-state index in [0.717, 1.165) is 5.57 Å². The number of anilines is 1. The number of benzene rings is 1. The zero-order valence-corrected chi connectivity index (χ0v) is 29.4. The molecule has 4 fully saturated rings. The maximum absolute atomic E-state index is 14.5. The number of ketones is 2. The number of Topliss-reactive ketones (excluding diaryl/α,β-unsaturated/α-hetero) is 1. The normalized spacial score (nSPS) is 40.9. The molecule has 15 heteroatoms. The number of phosphoric acid groups is 2. The topological polar surface area (TPSA) is 201 Å². The van der Waals surface area contributed by atoms with E-state index in [9.17, 15) is 33.6 Å². The van der Waals surface area contributed by atoms with E-state index in [1.165, 1.54) is 0 Å². The largest absolute Gasteiger partial charge is 0.481 e. The van der Waals surface area contributed by atoms with Gasteiger partial charge in [0, 0.05) is 22.4 Å². The molecule has 1 aromatic carbocycles. The first-order valence-corrected chi connectivity index (χ1v) is 19.4. The van der Waals surface area contributed by atoms with Gasteiger partial charge in [0.25, 0.3) is 0 Å². The predicted molar refractivity (Wildman–Crippen MR) is 173 cm³/mol. The highest BCUT2D eigenvalue weighted by molar-refractivity contribution is 7.61. The van der Waals surface area contributed by atoms with Gasteiger partial charge in [0.1, 0.15) is 12.2 Å². The van der Waals surface area contributed by atoms with Gasteiger partial charge in [-0.05, 0) is 80.7 Å². The SMILES string of the molecule is CCCC1O[C@@]2(C(=O)COP(=O)(O)OP(=O)(O)OCc3ccc(N)cc3)[C@@]3(C)C[C@H](O)[C@H]4[C@@H](CCC5=CC(=O)C=C[C@@]54C)[C@@H]3C[C@]2(C)O1. The number of carbonyl (C=O) groups excluding carboxylic acids is 2. The molecular weight excluding hydrogens is 664 g/mol. The second kappa shape index (κ2) is 12.3. The Morgan fingerprint density at radius 2 is 1.75 bits per heavy atom. The molecular formula is C33H45NO12P2. The van der Waals surface area contributed by atoms with Crippen LogP contribution in [-0.2, 0) is 48.2 Å². The molecule has 1 aromatic rings. The van der Waals surface area contributed by atoms with Crippen LogP contribution in [-0.4, -0.2) is 56.7 Å². The van der Waals surface area contributed by atoms with Gasteiger partial charge in [0.2, 0.25) is 0 Å². The molecule has 4 aliphatic carbocycles. The lowest BCUT2D eigenvalue weighted by atomic mass is 9.46. The Hall–Kier alpha value is -2.02. The Balaban J connectivity index is 1.24. The number of hydrogen-bond donors (Lipinski definition) is 4. The molecule has 0 amide bonds. The summed E-state index contributed by atoms with van der Waals surface area (Å²) in [5, 5.41) is 11.9. The number of rotatable bonds is 11. The monoisotopic (exact) mass is 709 g/mol. The molecule has 0 aromatic heterocycles. The van der Waals surface area contributed by atoms with Gasteiger partial charge in [0.15, 0.2) is 23.5 Å². The minimum Gasteiger partial charge on any atom is -0.399 e. The lowest BCUT2D eigenvalue weighted by Gasteiger charge is -2.59. The fraction of sp³-hybridized carbons (Fsp3) is 0.636. The minimum absolute atomic E-state index is 0.0469. The molecule has 13 nitrogen and oxygen atoms in total. The Labute approximate surface area is 280 Å². The molecule has 6 rings (SSSR count). The highest BCUT2D eigenvalue weighted by atomic mass is 31.3. The summed E-state index contributed by atoms with van der Waals surface area (Å²) in [6, 6.07) is 6.20. The second-order valence-electron chi connectivity index (χ2n) is 14.5. The highest BCUT2D eigenvalue weighted by Crippen LogP contribution is 2.73.